The highest BCUT2D eigenvalue weighted by Gasteiger charge is 2.53. The van der Waals surface area contributed by atoms with Crippen molar-refractivity contribution in [2.45, 2.75) is 12.0 Å². The van der Waals surface area contributed by atoms with E-state index in [9.17, 15) is 0 Å². The number of fused-ring (bicyclic) bond motifs is 1. The summed E-state index contributed by atoms with van der Waals surface area (Å²) in [5.41, 5.74) is 6.04. The van der Waals surface area contributed by atoms with Crippen molar-refractivity contribution >= 4 is 0 Å². The van der Waals surface area contributed by atoms with Crippen LogP contribution >= 0.6 is 0 Å². The van der Waals surface area contributed by atoms with Gasteiger partial charge in [-0.15, -0.1) is 0 Å². The van der Waals surface area contributed by atoms with Gasteiger partial charge in [0.25, 0.3) is 0 Å². The molecule has 0 spiro atoms. The molecule has 1 heterocycles. The molecule has 7 heavy (non-hydrogen) atoms. The minimum Gasteiger partial charge on any atom is -0.324 e. The van der Waals surface area contributed by atoms with Crippen LogP contribution in [0.4, 0.5) is 0 Å². The SMILES string of the molecule is N[C@]12CNC[C@H]1C2. The number of nitrogens with one attached hydrogen (secondary N) is 1. The highest BCUT2D eigenvalue weighted by Crippen LogP contribution is 2.43. The predicted octanol–water partition coefficient (Wildman–Crippen LogP) is -0.693. The van der Waals surface area contributed by atoms with Gasteiger partial charge in [-0.3, -0.25) is 0 Å². The molecular formula is C5H10N2. The Morgan fingerprint density at radius 2 is 2.57 bits per heavy atom. The van der Waals surface area contributed by atoms with Crippen LogP contribution in [-0.2, 0) is 0 Å². The van der Waals surface area contributed by atoms with E-state index in [1.807, 2.05) is 0 Å². The van der Waals surface area contributed by atoms with Crippen LogP contribution in [0.25, 0.3) is 0 Å². The standard InChI is InChI=1S/C5H10N2/c6-5-1-4(5)2-7-3-5/h4,7H,1-3,6H2/t4-,5-/m1/s1. The molecule has 2 rings (SSSR count). The molecule has 0 aromatic carbocycles. The van der Waals surface area contributed by atoms with Crippen LogP contribution in [0.3, 0.4) is 0 Å². The summed E-state index contributed by atoms with van der Waals surface area (Å²) < 4.78 is 0. The van der Waals surface area contributed by atoms with Gasteiger partial charge in [0, 0.05) is 12.1 Å². The van der Waals surface area contributed by atoms with Crippen LogP contribution in [0, 0.1) is 5.92 Å². The third-order valence-electron chi connectivity index (χ3n) is 2.12. The second-order valence-electron chi connectivity index (χ2n) is 2.77. The summed E-state index contributed by atoms with van der Waals surface area (Å²) in [5, 5.41) is 3.24. The van der Waals surface area contributed by atoms with E-state index in [0.29, 0.717) is 0 Å². The quantitative estimate of drug-likeness (QED) is 0.421. The van der Waals surface area contributed by atoms with Gasteiger partial charge in [0.2, 0.25) is 0 Å². The summed E-state index contributed by atoms with van der Waals surface area (Å²) in [5.74, 6) is 0.826. The summed E-state index contributed by atoms with van der Waals surface area (Å²) >= 11 is 0. The van der Waals surface area contributed by atoms with Gasteiger partial charge < -0.3 is 11.1 Å². The van der Waals surface area contributed by atoms with Crippen molar-refractivity contribution in [1.82, 2.24) is 5.32 Å². The molecule has 0 bridgehead atoms. The second-order valence-corrected chi connectivity index (χ2v) is 2.77. The van der Waals surface area contributed by atoms with Crippen LogP contribution in [-0.4, -0.2) is 18.6 Å². The van der Waals surface area contributed by atoms with Crippen molar-refractivity contribution in [3.8, 4) is 0 Å². The molecule has 2 fully saturated rings. The molecule has 0 unspecified atom stereocenters. The smallest absolute Gasteiger partial charge is 0.0326 e. The highest BCUT2D eigenvalue weighted by molar-refractivity contribution is 5.14. The molecule has 0 aromatic rings. The summed E-state index contributed by atoms with van der Waals surface area (Å²) in [7, 11) is 0. The molecule has 1 saturated carbocycles. The summed E-state index contributed by atoms with van der Waals surface area (Å²) in [6.45, 7) is 2.22. The van der Waals surface area contributed by atoms with Crippen LogP contribution in [0.15, 0.2) is 0 Å². The second kappa shape index (κ2) is 0.858. The van der Waals surface area contributed by atoms with Crippen LogP contribution in [0.5, 0.6) is 0 Å². The first-order chi connectivity index (χ1) is 3.31. The van der Waals surface area contributed by atoms with E-state index in [4.69, 9.17) is 5.73 Å². The van der Waals surface area contributed by atoms with Crippen molar-refractivity contribution in [3.63, 3.8) is 0 Å². The average Bonchev–Trinajstić information content (AvgIpc) is 2.09. The topological polar surface area (TPSA) is 38.0 Å². The molecule has 1 aliphatic heterocycles. The van der Waals surface area contributed by atoms with E-state index < -0.39 is 0 Å². The van der Waals surface area contributed by atoms with Gasteiger partial charge in [0.05, 0.1) is 0 Å². The molecule has 2 heteroatoms. The predicted molar refractivity (Wildman–Crippen MR) is 27.9 cm³/mol. The monoisotopic (exact) mass is 98.1 g/mol. The molecule has 1 aliphatic carbocycles. The van der Waals surface area contributed by atoms with Gasteiger partial charge in [0.15, 0.2) is 0 Å². The minimum atomic E-state index is 0.250. The highest BCUT2D eigenvalue weighted by atomic mass is 15.1. The van der Waals surface area contributed by atoms with Gasteiger partial charge in [-0.25, -0.2) is 0 Å². The Labute approximate surface area is 43.1 Å². The number of nitrogens with two attached hydrogens (primary N) is 1. The van der Waals surface area contributed by atoms with Gasteiger partial charge in [-0.2, -0.15) is 0 Å². The van der Waals surface area contributed by atoms with Crippen LogP contribution < -0.4 is 11.1 Å². The Morgan fingerprint density at radius 3 is 2.71 bits per heavy atom. The molecule has 0 amide bonds. The molecular weight excluding hydrogens is 88.1 g/mol. The van der Waals surface area contributed by atoms with Gasteiger partial charge in [0.1, 0.15) is 0 Å². The number of rotatable bonds is 0. The Bertz CT molecular complexity index is 100. The zero-order valence-corrected chi connectivity index (χ0v) is 4.28. The van der Waals surface area contributed by atoms with E-state index in [2.05, 4.69) is 5.32 Å². The lowest BCUT2D eigenvalue weighted by Gasteiger charge is -1.98. The Kier molecular flexibility index (Phi) is 0.474. The fourth-order valence-corrected chi connectivity index (χ4v) is 1.37. The van der Waals surface area contributed by atoms with E-state index in [1.165, 1.54) is 6.42 Å². The molecule has 40 valence electrons. The van der Waals surface area contributed by atoms with E-state index in [0.717, 1.165) is 19.0 Å². The lowest BCUT2D eigenvalue weighted by molar-refractivity contribution is 0.664. The van der Waals surface area contributed by atoms with Crippen molar-refractivity contribution in [2.75, 3.05) is 13.1 Å². The average molecular weight is 98.1 g/mol. The molecule has 2 nitrogen and oxygen atoms in total. The maximum atomic E-state index is 5.79. The largest absolute Gasteiger partial charge is 0.324 e. The minimum absolute atomic E-state index is 0.250. The van der Waals surface area contributed by atoms with Gasteiger partial charge in [-0.05, 0) is 18.9 Å². The lowest BCUT2D eigenvalue weighted by Crippen LogP contribution is -2.29. The first-order valence-corrected chi connectivity index (χ1v) is 2.81. The lowest BCUT2D eigenvalue weighted by atomic mass is 10.3. The first-order valence-electron chi connectivity index (χ1n) is 2.81. The molecule has 1 saturated heterocycles. The molecule has 2 atom stereocenters. The van der Waals surface area contributed by atoms with Gasteiger partial charge >= 0.3 is 0 Å². The molecule has 0 aromatic heterocycles. The van der Waals surface area contributed by atoms with E-state index in [1.54, 1.807) is 0 Å². The Balaban J connectivity index is 2.17. The summed E-state index contributed by atoms with van der Waals surface area (Å²) in [4.78, 5) is 0. The number of hydrogen-bond acceptors (Lipinski definition) is 2. The number of hydrogen-bond donors (Lipinski definition) is 2. The van der Waals surface area contributed by atoms with Gasteiger partial charge in [-0.1, -0.05) is 0 Å². The zero-order chi connectivity index (χ0) is 4.91. The Morgan fingerprint density at radius 1 is 1.71 bits per heavy atom. The summed E-state index contributed by atoms with van der Waals surface area (Å²) in [6.07, 6.45) is 1.26. The normalized spacial score (nSPS) is 57.0. The number of piperidine rings is 1. The van der Waals surface area contributed by atoms with E-state index >= 15 is 0 Å². The van der Waals surface area contributed by atoms with Crippen molar-refractivity contribution in [2.24, 2.45) is 11.7 Å². The van der Waals surface area contributed by atoms with Crippen LogP contribution in [0.1, 0.15) is 6.42 Å². The first kappa shape index (κ1) is 3.87. The van der Waals surface area contributed by atoms with Crippen LogP contribution in [0.2, 0.25) is 0 Å². The molecule has 0 radical (unpaired) electrons. The maximum absolute atomic E-state index is 5.79. The Hall–Kier alpha value is -0.0800. The maximum Gasteiger partial charge on any atom is 0.0326 e. The third-order valence-corrected chi connectivity index (χ3v) is 2.12. The molecule has 2 aliphatic rings. The van der Waals surface area contributed by atoms with Crippen molar-refractivity contribution in [1.29, 1.82) is 0 Å². The van der Waals surface area contributed by atoms with Crippen molar-refractivity contribution in [3.05, 3.63) is 0 Å². The summed E-state index contributed by atoms with van der Waals surface area (Å²) in [6, 6.07) is 0. The fourth-order valence-electron chi connectivity index (χ4n) is 1.37. The fraction of sp³-hybridized carbons (Fsp3) is 1.00. The third kappa shape index (κ3) is 0.359. The van der Waals surface area contributed by atoms with Crippen molar-refractivity contribution < 1.29 is 0 Å². The zero-order valence-electron chi connectivity index (χ0n) is 4.28. The molecule has 3 N–H and O–H groups in total. The van der Waals surface area contributed by atoms with E-state index in [-0.39, 0.29) is 5.54 Å².